The lowest BCUT2D eigenvalue weighted by Gasteiger charge is -2.25. The van der Waals surface area contributed by atoms with Crippen molar-refractivity contribution in [2.45, 2.75) is 19.9 Å². The van der Waals surface area contributed by atoms with E-state index in [2.05, 4.69) is 5.32 Å². The van der Waals surface area contributed by atoms with Crippen LogP contribution in [0.3, 0.4) is 0 Å². The smallest absolute Gasteiger partial charge is 0.410 e. The first-order valence-electron chi connectivity index (χ1n) is 6.39. The van der Waals surface area contributed by atoms with Gasteiger partial charge < -0.3 is 10.1 Å². The van der Waals surface area contributed by atoms with E-state index in [1.807, 2.05) is 31.2 Å². The summed E-state index contributed by atoms with van der Waals surface area (Å²) >= 11 is 0. The van der Waals surface area contributed by atoms with Crippen LogP contribution in [0.15, 0.2) is 24.3 Å². The fourth-order valence-electron chi connectivity index (χ4n) is 1.88. The minimum absolute atomic E-state index is 0.0602. The molecule has 19 heavy (non-hydrogen) atoms. The third kappa shape index (κ3) is 3.98. The highest BCUT2D eigenvalue weighted by Gasteiger charge is 2.21. The predicted molar refractivity (Wildman–Crippen MR) is 70.6 cm³/mol. The molecule has 0 unspecified atom stereocenters. The molecular weight excluding hydrogens is 244 g/mol. The molecule has 0 bridgehead atoms. The number of hydrogen-bond acceptors (Lipinski definition) is 3. The van der Waals surface area contributed by atoms with Gasteiger partial charge in [-0.2, -0.15) is 0 Å². The highest BCUT2D eigenvalue weighted by atomic mass is 16.6. The van der Waals surface area contributed by atoms with Gasteiger partial charge in [-0.1, -0.05) is 29.8 Å². The predicted octanol–water partition coefficient (Wildman–Crippen LogP) is 1.45. The van der Waals surface area contributed by atoms with E-state index in [9.17, 15) is 9.59 Å². The van der Waals surface area contributed by atoms with E-state index in [0.29, 0.717) is 19.7 Å². The number of carbonyl (C=O) groups is 2. The summed E-state index contributed by atoms with van der Waals surface area (Å²) in [5.41, 5.74) is 2.23. The van der Waals surface area contributed by atoms with E-state index >= 15 is 0 Å². The Morgan fingerprint density at radius 1 is 1.37 bits per heavy atom. The van der Waals surface area contributed by atoms with Crippen LogP contribution in [0.25, 0.3) is 0 Å². The number of amides is 2. The zero-order valence-corrected chi connectivity index (χ0v) is 11.0. The number of hydrogen-bond donors (Lipinski definition) is 1. The van der Waals surface area contributed by atoms with Crippen LogP contribution in [0.2, 0.25) is 0 Å². The summed E-state index contributed by atoms with van der Waals surface area (Å²) in [5.74, 6) is -0.167. The first-order chi connectivity index (χ1) is 9.15. The molecule has 102 valence electrons. The summed E-state index contributed by atoms with van der Waals surface area (Å²) in [7, 11) is 0. The van der Waals surface area contributed by atoms with E-state index in [0.717, 1.165) is 12.0 Å². The summed E-state index contributed by atoms with van der Waals surface area (Å²) in [6, 6.07) is 7.96. The van der Waals surface area contributed by atoms with E-state index in [4.69, 9.17) is 4.74 Å². The molecule has 0 atom stereocenters. The van der Waals surface area contributed by atoms with Crippen LogP contribution in [0.5, 0.6) is 0 Å². The number of rotatable bonds is 4. The Balaban J connectivity index is 1.78. The Hall–Kier alpha value is -2.04. The molecule has 5 nitrogen and oxygen atoms in total. The second-order valence-corrected chi connectivity index (χ2v) is 4.65. The van der Waals surface area contributed by atoms with Gasteiger partial charge in [-0.05, 0) is 18.9 Å². The zero-order chi connectivity index (χ0) is 13.7. The Kier molecular flexibility index (Phi) is 4.39. The highest BCUT2D eigenvalue weighted by Crippen LogP contribution is 2.05. The Morgan fingerprint density at radius 3 is 2.79 bits per heavy atom. The van der Waals surface area contributed by atoms with Gasteiger partial charge in [-0.15, -0.1) is 0 Å². The third-order valence-electron chi connectivity index (χ3n) is 3.00. The van der Waals surface area contributed by atoms with Crippen LogP contribution in [-0.4, -0.2) is 36.6 Å². The normalized spacial score (nSPS) is 15.0. The molecule has 1 fully saturated rings. The summed E-state index contributed by atoms with van der Waals surface area (Å²) in [6.07, 6.45) is 0.369. The van der Waals surface area contributed by atoms with Crippen LogP contribution in [0.1, 0.15) is 17.5 Å². The summed E-state index contributed by atoms with van der Waals surface area (Å²) < 4.78 is 4.87. The van der Waals surface area contributed by atoms with Crippen LogP contribution in [0.4, 0.5) is 4.79 Å². The van der Waals surface area contributed by atoms with Crippen molar-refractivity contribution in [1.82, 2.24) is 10.2 Å². The van der Waals surface area contributed by atoms with E-state index in [-0.39, 0.29) is 12.5 Å². The van der Waals surface area contributed by atoms with Crippen LogP contribution < -0.4 is 5.32 Å². The number of aryl methyl sites for hydroxylation is 1. The van der Waals surface area contributed by atoms with Crippen LogP contribution in [-0.2, 0) is 16.1 Å². The molecular formula is C14H18N2O3. The van der Waals surface area contributed by atoms with E-state index in [1.165, 1.54) is 10.5 Å². The van der Waals surface area contributed by atoms with Crippen molar-refractivity contribution in [1.29, 1.82) is 0 Å². The van der Waals surface area contributed by atoms with Crippen LogP contribution in [0, 0.1) is 6.92 Å². The summed E-state index contributed by atoms with van der Waals surface area (Å²) in [4.78, 5) is 24.5. The average molecular weight is 262 g/mol. The van der Waals surface area contributed by atoms with Crippen molar-refractivity contribution >= 4 is 12.0 Å². The number of nitrogens with one attached hydrogen (secondary N) is 1. The van der Waals surface area contributed by atoms with Crippen molar-refractivity contribution in [3.63, 3.8) is 0 Å². The average Bonchev–Trinajstić information content (AvgIpc) is 2.41. The highest BCUT2D eigenvalue weighted by molar-refractivity contribution is 5.82. The number of cyclic esters (lactones) is 1. The second kappa shape index (κ2) is 6.22. The van der Waals surface area contributed by atoms with Gasteiger partial charge in [-0.25, -0.2) is 4.79 Å². The minimum atomic E-state index is -0.406. The number of nitrogens with zero attached hydrogens (tertiary/aromatic N) is 1. The fraction of sp³-hybridized carbons (Fsp3) is 0.429. The SMILES string of the molecule is Cc1ccc(CNC(=O)CN2CCCOC2=O)cc1. The zero-order valence-electron chi connectivity index (χ0n) is 11.0. The molecule has 0 aromatic heterocycles. The monoisotopic (exact) mass is 262 g/mol. The molecule has 1 N–H and O–H groups in total. The molecule has 1 aromatic rings. The molecule has 1 aliphatic rings. The van der Waals surface area contributed by atoms with Crippen molar-refractivity contribution < 1.29 is 14.3 Å². The van der Waals surface area contributed by atoms with Gasteiger partial charge in [0.25, 0.3) is 0 Å². The van der Waals surface area contributed by atoms with Gasteiger partial charge in [-0.3, -0.25) is 9.69 Å². The largest absolute Gasteiger partial charge is 0.449 e. The van der Waals surface area contributed by atoms with Gasteiger partial charge in [0.05, 0.1) is 6.61 Å². The molecule has 1 aliphatic heterocycles. The summed E-state index contributed by atoms with van der Waals surface area (Å²) in [6.45, 7) is 3.58. The topological polar surface area (TPSA) is 58.6 Å². The Bertz CT molecular complexity index is 456. The first kappa shape index (κ1) is 13.4. The van der Waals surface area contributed by atoms with Crippen LogP contribution >= 0.6 is 0 Å². The van der Waals surface area contributed by atoms with Crippen molar-refractivity contribution in [3.8, 4) is 0 Å². The molecule has 2 amide bonds. The molecule has 1 aromatic carbocycles. The third-order valence-corrected chi connectivity index (χ3v) is 3.00. The lowest BCUT2D eigenvalue weighted by atomic mass is 10.1. The molecule has 0 radical (unpaired) electrons. The lowest BCUT2D eigenvalue weighted by molar-refractivity contribution is -0.122. The van der Waals surface area contributed by atoms with E-state index < -0.39 is 6.09 Å². The molecule has 0 spiro atoms. The fourth-order valence-corrected chi connectivity index (χ4v) is 1.88. The molecule has 0 aliphatic carbocycles. The quantitative estimate of drug-likeness (QED) is 0.893. The number of carbonyl (C=O) groups excluding carboxylic acids is 2. The van der Waals surface area contributed by atoms with Gasteiger partial charge >= 0.3 is 6.09 Å². The van der Waals surface area contributed by atoms with Gasteiger partial charge in [0, 0.05) is 13.1 Å². The Labute approximate surface area is 112 Å². The van der Waals surface area contributed by atoms with Gasteiger partial charge in [0.2, 0.25) is 5.91 Å². The standard InChI is InChI=1S/C14H18N2O3/c1-11-3-5-12(6-4-11)9-15-13(17)10-16-7-2-8-19-14(16)18/h3-6H,2,7-10H2,1H3,(H,15,17). The first-order valence-corrected chi connectivity index (χ1v) is 6.39. The van der Waals surface area contributed by atoms with E-state index in [1.54, 1.807) is 0 Å². The maximum atomic E-state index is 11.7. The second-order valence-electron chi connectivity index (χ2n) is 4.65. The van der Waals surface area contributed by atoms with Crippen molar-refractivity contribution in [3.05, 3.63) is 35.4 Å². The molecule has 2 rings (SSSR count). The molecule has 1 heterocycles. The molecule has 0 saturated carbocycles. The minimum Gasteiger partial charge on any atom is -0.449 e. The van der Waals surface area contributed by atoms with Gasteiger partial charge in [0.15, 0.2) is 0 Å². The maximum Gasteiger partial charge on any atom is 0.410 e. The number of benzene rings is 1. The lowest BCUT2D eigenvalue weighted by Crippen LogP contribution is -2.44. The Morgan fingerprint density at radius 2 is 2.11 bits per heavy atom. The molecule has 1 saturated heterocycles. The van der Waals surface area contributed by atoms with Gasteiger partial charge in [0.1, 0.15) is 6.54 Å². The summed E-state index contributed by atoms with van der Waals surface area (Å²) in [5, 5.41) is 2.80. The van der Waals surface area contributed by atoms with Crippen molar-refractivity contribution in [2.75, 3.05) is 19.7 Å². The van der Waals surface area contributed by atoms with Crippen molar-refractivity contribution in [2.24, 2.45) is 0 Å². The number of ether oxygens (including phenoxy) is 1. The molecule has 5 heteroatoms. The maximum absolute atomic E-state index is 11.7.